The third-order valence-electron chi connectivity index (χ3n) is 3.52. The first-order valence-corrected chi connectivity index (χ1v) is 7.73. The number of nitrogens with one attached hydrogen (secondary N) is 1. The molecule has 4 heteroatoms. The number of carbonyl (C=O) groups is 1. The van der Waals surface area contributed by atoms with Gasteiger partial charge in [-0.15, -0.1) is 11.3 Å². The van der Waals surface area contributed by atoms with Gasteiger partial charge in [0.2, 0.25) is 5.91 Å². The van der Waals surface area contributed by atoms with Crippen molar-refractivity contribution >= 4 is 17.2 Å². The first-order valence-electron chi connectivity index (χ1n) is 6.85. The number of hydrogen-bond donors (Lipinski definition) is 1. The average molecular weight is 266 g/mol. The molecule has 1 fully saturated rings. The van der Waals surface area contributed by atoms with Gasteiger partial charge >= 0.3 is 0 Å². The smallest absolute Gasteiger partial charge is 0.219 e. The molecule has 0 aromatic carbocycles. The number of amides is 1. The monoisotopic (exact) mass is 266 g/mol. The minimum absolute atomic E-state index is 0.147. The van der Waals surface area contributed by atoms with E-state index in [-0.39, 0.29) is 5.91 Å². The Hall–Kier alpha value is -0.870. The Morgan fingerprint density at radius 1 is 1.44 bits per heavy atom. The van der Waals surface area contributed by atoms with E-state index in [1.165, 1.54) is 24.1 Å². The highest BCUT2D eigenvalue weighted by Gasteiger charge is 2.23. The molecule has 1 aliphatic rings. The Morgan fingerprint density at radius 3 is 2.83 bits per heavy atom. The first kappa shape index (κ1) is 13.6. The lowest BCUT2D eigenvalue weighted by atomic mass is 10.1. The van der Waals surface area contributed by atoms with Crippen LogP contribution in [0.15, 0.2) is 17.5 Å². The van der Waals surface area contributed by atoms with Crippen molar-refractivity contribution in [1.82, 2.24) is 10.2 Å². The van der Waals surface area contributed by atoms with Crippen molar-refractivity contribution in [2.45, 2.75) is 38.6 Å². The van der Waals surface area contributed by atoms with Gasteiger partial charge in [-0.05, 0) is 37.4 Å². The fourth-order valence-electron chi connectivity index (χ4n) is 2.46. The maximum Gasteiger partial charge on any atom is 0.219 e. The van der Waals surface area contributed by atoms with Crippen LogP contribution in [0, 0.1) is 0 Å². The van der Waals surface area contributed by atoms with Crippen molar-refractivity contribution in [3.05, 3.63) is 22.4 Å². The van der Waals surface area contributed by atoms with Gasteiger partial charge in [0.15, 0.2) is 0 Å². The number of nitrogens with zero attached hydrogens (tertiary/aromatic N) is 1. The zero-order valence-electron chi connectivity index (χ0n) is 11.0. The van der Waals surface area contributed by atoms with Crippen LogP contribution in [0.1, 0.15) is 43.5 Å². The molecule has 0 radical (unpaired) electrons. The molecule has 1 N–H and O–H groups in total. The van der Waals surface area contributed by atoms with Crippen LogP contribution < -0.4 is 5.32 Å². The van der Waals surface area contributed by atoms with Crippen molar-refractivity contribution in [2.24, 2.45) is 0 Å². The van der Waals surface area contributed by atoms with E-state index >= 15 is 0 Å². The SMILES string of the molecule is CCC(=O)NC[C@@H](c1cccs1)N1CCCCC1. The van der Waals surface area contributed by atoms with E-state index in [9.17, 15) is 4.79 Å². The normalized spacial score (nSPS) is 18.5. The second-order valence-corrected chi connectivity index (χ2v) is 5.76. The lowest BCUT2D eigenvalue weighted by Crippen LogP contribution is -2.40. The summed E-state index contributed by atoms with van der Waals surface area (Å²) in [5, 5.41) is 5.16. The molecule has 1 saturated heterocycles. The van der Waals surface area contributed by atoms with Crippen molar-refractivity contribution in [3.8, 4) is 0 Å². The van der Waals surface area contributed by atoms with Crippen LogP contribution in [0.3, 0.4) is 0 Å². The van der Waals surface area contributed by atoms with Crippen LogP contribution in [0.2, 0.25) is 0 Å². The molecule has 2 rings (SSSR count). The lowest BCUT2D eigenvalue weighted by molar-refractivity contribution is -0.121. The molecule has 1 atom stereocenters. The summed E-state index contributed by atoms with van der Waals surface area (Å²) in [5.41, 5.74) is 0. The Labute approximate surface area is 113 Å². The summed E-state index contributed by atoms with van der Waals surface area (Å²) < 4.78 is 0. The molecular formula is C14H22N2OS. The molecule has 2 heterocycles. The Bertz CT molecular complexity index is 358. The van der Waals surface area contributed by atoms with Gasteiger partial charge in [-0.1, -0.05) is 19.4 Å². The highest BCUT2D eigenvalue weighted by molar-refractivity contribution is 7.10. The summed E-state index contributed by atoms with van der Waals surface area (Å²) in [6.45, 7) is 4.96. The second kappa shape index (κ2) is 6.90. The molecule has 0 saturated carbocycles. The maximum absolute atomic E-state index is 11.4. The van der Waals surface area contributed by atoms with Gasteiger partial charge in [0, 0.05) is 17.8 Å². The number of rotatable bonds is 5. The van der Waals surface area contributed by atoms with Crippen LogP contribution in [-0.4, -0.2) is 30.4 Å². The number of thiophene rings is 1. The molecule has 1 amide bonds. The molecule has 1 aliphatic heterocycles. The summed E-state index contributed by atoms with van der Waals surface area (Å²) in [4.78, 5) is 15.3. The Kier molecular flexibility index (Phi) is 5.20. The first-order chi connectivity index (χ1) is 8.81. The third kappa shape index (κ3) is 3.56. The van der Waals surface area contributed by atoms with E-state index in [1.807, 2.05) is 6.92 Å². The molecule has 0 bridgehead atoms. The second-order valence-electron chi connectivity index (χ2n) is 4.79. The van der Waals surface area contributed by atoms with Crippen LogP contribution >= 0.6 is 11.3 Å². The fourth-order valence-corrected chi connectivity index (χ4v) is 3.32. The topological polar surface area (TPSA) is 32.3 Å². The standard InChI is InChI=1S/C14H22N2OS/c1-2-14(17)15-11-12(13-7-6-10-18-13)16-8-4-3-5-9-16/h6-7,10,12H,2-5,8-9,11H2,1H3,(H,15,17)/t12-/m0/s1. The maximum atomic E-state index is 11.4. The van der Waals surface area contributed by atoms with Crippen LogP contribution in [0.25, 0.3) is 0 Å². The van der Waals surface area contributed by atoms with Crippen LogP contribution in [-0.2, 0) is 4.79 Å². The van der Waals surface area contributed by atoms with E-state index in [4.69, 9.17) is 0 Å². The largest absolute Gasteiger partial charge is 0.354 e. The molecule has 3 nitrogen and oxygen atoms in total. The van der Waals surface area contributed by atoms with Gasteiger partial charge < -0.3 is 5.32 Å². The predicted octanol–water partition coefficient (Wildman–Crippen LogP) is 2.80. The van der Waals surface area contributed by atoms with E-state index in [1.54, 1.807) is 11.3 Å². The van der Waals surface area contributed by atoms with Gasteiger partial charge in [0.25, 0.3) is 0 Å². The molecule has 0 unspecified atom stereocenters. The minimum atomic E-state index is 0.147. The average Bonchev–Trinajstić information content (AvgIpc) is 2.94. The zero-order valence-corrected chi connectivity index (χ0v) is 11.8. The van der Waals surface area contributed by atoms with E-state index in [0.717, 1.165) is 19.6 Å². The summed E-state index contributed by atoms with van der Waals surface area (Å²) in [7, 11) is 0. The van der Waals surface area contributed by atoms with Crippen molar-refractivity contribution in [3.63, 3.8) is 0 Å². The molecule has 100 valence electrons. The summed E-state index contributed by atoms with van der Waals surface area (Å²) in [6, 6.07) is 4.64. The van der Waals surface area contributed by atoms with Gasteiger partial charge in [0.1, 0.15) is 0 Å². The number of likely N-dealkylation sites (tertiary alicyclic amines) is 1. The summed E-state index contributed by atoms with van der Waals surface area (Å²) in [6.07, 6.45) is 4.47. The van der Waals surface area contributed by atoms with E-state index in [2.05, 4.69) is 27.7 Å². The molecule has 18 heavy (non-hydrogen) atoms. The quantitative estimate of drug-likeness (QED) is 0.889. The summed E-state index contributed by atoms with van der Waals surface area (Å²) >= 11 is 1.79. The minimum Gasteiger partial charge on any atom is -0.354 e. The number of carbonyl (C=O) groups excluding carboxylic acids is 1. The molecular weight excluding hydrogens is 244 g/mol. The third-order valence-corrected chi connectivity index (χ3v) is 4.49. The molecule has 1 aromatic heterocycles. The molecule has 1 aromatic rings. The van der Waals surface area contributed by atoms with Crippen LogP contribution in [0.4, 0.5) is 0 Å². The van der Waals surface area contributed by atoms with Crippen molar-refractivity contribution < 1.29 is 4.79 Å². The lowest BCUT2D eigenvalue weighted by Gasteiger charge is -2.34. The number of hydrogen-bond acceptors (Lipinski definition) is 3. The van der Waals surface area contributed by atoms with Gasteiger partial charge in [0.05, 0.1) is 6.04 Å². The molecule has 0 aliphatic carbocycles. The van der Waals surface area contributed by atoms with Crippen molar-refractivity contribution in [2.75, 3.05) is 19.6 Å². The Balaban J connectivity index is 2.00. The zero-order chi connectivity index (χ0) is 12.8. The van der Waals surface area contributed by atoms with Crippen molar-refractivity contribution in [1.29, 1.82) is 0 Å². The predicted molar refractivity (Wildman–Crippen MR) is 75.8 cm³/mol. The fraction of sp³-hybridized carbons (Fsp3) is 0.643. The van der Waals surface area contributed by atoms with Gasteiger partial charge in [-0.3, -0.25) is 9.69 Å². The summed E-state index contributed by atoms with van der Waals surface area (Å²) in [5.74, 6) is 0.147. The van der Waals surface area contributed by atoms with E-state index < -0.39 is 0 Å². The molecule has 0 spiro atoms. The Morgan fingerprint density at radius 2 is 2.22 bits per heavy atom. The number of piperidine rings is 1. The van der Waals surface area contributed by atoms with Gasteiger partial charge in [-0.25, -0.2) is 0 Å². The highest BCUT2D eigenvalue weighted by atomic mass is 32.1. The van der Waals surface area contributed by atoms with E-state index in [0.29, 0.717) is 12.5 Å². The van der Waals surface area contributed by atoms with Gasteiger partial charge in [-0.2, -0.15) is 0 Å². The highest BCUT2D eigenvalue weighted by Crippen LogP contribution is 2.27. The van der Waals surface area contributed by atoms with Crippen LogP contribution in [0.5, 0.6) is 0 Å².